The number of benzene rings is 3. The fourth-order valence-corrected chi connectivity index (χ4v) is 6.30. The minimum atomic E-state index is -0.464. The van der Waals surface area contributed by atoms with Gasteiger partial charge in [0.15, 0.2) is 0 Å². The number of amides is 1. The van der Waals surface area contributed by atoms with E-state index in [0.717, 1.165) is 55.7 Å². The molecule has 1 amide bonds. The Labute approximate surface area is 255 Å². The zero-order valence-electron chi connectivity index (χ0n) is 25.6. The molecule has 3 aromatic carbocycles. The number of para-hydroxylation sites is 1. The van der Waals surface area contributed by atoms with Crippen LogP contribution in [0, 0.1) is 11.8 Å². The molecule has 7 heteroatoms. The number of rotatable bonds is 11. The molecular weight excluding hydrogens is 540 g/mol. The number of esters is 1. The highest BCUT2D eigenvalue weighted by Crippen LogP contribution is 2.40. The molecule has 0 radical (unpaired) electrons. The van der Waals surface area contributed by atoms with Crippen LogP contribution in [0.4, 0.5) is 10.5 Å². The first-order valence-electron chi connectivity index (χ1n) is 15.4. The van der Waals surface area contributed by atoms with E-state index in [1.807, 2.05) is 75.4 Å². The van der Waals surface area contributed by atoms with Gasteiger partial charge in [-0.3, -0.25) is 15.0 Å². The van der Waals surface area contributed by atoms with Gasteiger partial charge in [0.2, 0.25) is 0 Å². The van der Waals surface area contributed by atoms with Gasteiger partial charge >= 0.3 is 12.1 Å². The molecule has 1 heterocycles. The quantitative estimate of drug-likeness (QED) is 0.191. The second-order valence-electron chi connectivity index (χ2n) is 12.8. The maximum atomic E-state index is 12.8. The van der Waals surface area contributed by atoms with Crippen LogP contribution >= 0.6 is 0 Å². The number of nitrogens with zero attached hydrogens (tertiary/aromatic N) is 1. The zero-order chi connectivity index (χ0) is 30.2. The molecule has 0 bridgehead atoms. The second-order valence-corrected chi connectivity index (χ2v) is 12.8. The molecule has 1 aliphatic carbocycles. The van der Waals surface area contributed by atoms with Crippen LogP contribution in [0.15, 0.2) is 78.9 Å². The molecule has 228 valence electrons. The third kappa shape index (κ3) is 9.15. The molecule has 1 unspecified atom stereocenters. The first kappa shape index (κ1) is 30.8. The average molecular weight is 585 g/mol. The summed E-state index contributed by atoms with van der Waals surface area (Å²) in [6.45, 7) is 9.53. The maximum Gasteiger partial charge on any atom is 0.411 e. The Balaban J connectivity index is 1.03. The molecule has 3 atom stereocenters. The van der Waals surface area contributed by atoms with Crippen LogP contribution in [0.5, 0.6) is 0 Å². The SMILES string of the molecule is CC(C)(C)OC(=O)CCOCCc1cccc(CN2C[C@H]3CC(OC(=O)Nc4ccccc4-c4ccccc4)C[C@H]3C2)c1. The van der Waals surface area contributed by atoms with Crippen molar-refractivity contribution in [2.24, 2.45) is 11.8 Å². The van der Waals surface area contributed by atoms with E-state index in [0.29, 0.717) is 25.0 Å². The Morgan fingerprint density at radius 1 is 0.860 bits per heavy atom. The van der Waals surface area contributed by atoms with Crippen molar-refractivity contribution in [3.05, 3.63) is 90.0 Å². The predicted octanol–water partition coefficient (Wildman–Crippen LogP) is 7.10. The Morgan fingerprint density at radius 2 is 1.56 bits per heavy atom. The van der Waals surface area contributed by atoms with E-state index in [1.165, 1.54) is 11.1 Å². The van der Waals surface area contributed by atoms with Gasteiger partial charge in [-0.1, -0.05) is 72.8 Å². The van der Waals surface area contributed by atoms with Gasteiger partial charge in [-0.2, -0.15) is 0 Å². The summed E-state index contributed by atoms with van der Waals surface area (Å²) in [5.41, 5.74) is 4.88. The molecule has 1 saturated heterocycles. The number of ether oxygens (including phenoxy) is 3. The van der Waals surface area contributed by atoms with Gasteiger partial charge in [-0.05, 0) is 74.6 Å². The van der Waals surface area contributed by atoms with Crippen molar-refractivity contribution in [1.82, 2.24) is 4.90 Å². The molecule has 0 aromatic heterocycles. The summed E-state index contributed by atoms with van der Waals surface area (Å²) in [6.07, 6.45) is 2.48. The van der Waals surface area contributed by atoms with Crippen molar-refractivity contribution in [3.8, 4) is 11.1 Å². The minimum absolute atomic E-state index is 0.0420. The summed E-state index contributed by atoms with van der Waals surface area (Å²) < 4.78 is 16.9. The lowest BCUT2D eigenvalue weighted by molar-refractivity contribution is -0.156. The van der Waals surface area contributed by atoms with Crippen LogP contribution in [0.3, 0.4) is 0 Å². The van der Waals surface area contributed by atoms with Crippen LogP contribution in [-0.2, 0) is 32.0 Å². The maximum absolute atomic E-state index is 12.8. The highest BCUT2D eigenvalue weighted by Gasteiger charge is 2.42. The Kier molecular flexibility index (Phi) is 10.2. The van der Waals surface area contributed by atoms with Crippen LogP contribution in [0.1, 0.15) is 51.2 Å². The van der Waals surface area contributed by atoms with Crippen molar-refractivity contribution >= 4 is 17.7 Å². The Bertz CT molecular complexity index is 1360. The predicted molar refractivity (Wildman–Crippen MR) is 169 cm³/mol. The molecule has 1 aliphatic heterocycles. The van der Waals surface area contributed by atoms with Gasteiger partial charge < -0.3 is 14.2 Å². The van der Waals surface area contributed by atoms with Gasteiger partial charge in [0, 0.05) is 25.2 Å². The number of likely N-dealkylation sites (tertiary alicyclic amines) is 1. The summed E-state index contributed by atoms with van der Waals surface area (Å²) in [4.78, 5) is 27.2. The van der Waals surface area contributed by atoms with Gasteiger partial charge in [-0.25, -0.2) is 4.79 Å². The summed E-state index contributed by atoms with van der Waals surface area (Å²) in [5, 5.41) is 2.98. The van der Waals surface area contributed by atoms with Crippen LogP contribution in [-0.4, -0.2) is 55.0 Å². The molecular formula is C36H44N2O5. The van der Waals surface area contributed by atoms with E-state index >= 15 is 0 Å². The summed E-state index contributed by atoms with van der Waals surface area (Å²) in [7, 11) is 0. The van der Waals surface area contributed by atoms with Crippen LogP contribution < -0.4 is 5.32 Å². The van der Waals surface area contributed by atoms with E-state index in [4.69, 9.17) is 14.2 Å². The fourth-order valence-electron chi connectivity index (χ4n) is 6.30. The summed E-state index contributed by atoms with van der Waals surface area (Å²) >= 11 is 0. The van der Waals surface area contributed by atoms with E-state index in [1.54, 1.807) is 0 Å². The lowest BCUT2D eigenvalue weighted by atomic mass is 10.0. The smallest absolute Gasteiger partial charge is 0.411 e. The Hall–Kier alpha value is -3.68. The van der Waals surface area contributed by atoms with Gasteiger partial charge in [0.25, 0.3) is 0 Å². The number of carbonyl (C=O) groups is 2. The molecule has 5 rings (SSSR count). The first-order chi connectivity index (χ1) is 20.7. The third-order valence-corrected chi connectivity index (χ3v) is 8.11. The third-order valence-electron chi connectivity index (χ3n) is 8.11. The molecule has 2 aliphatic rings. The van der Waals surface area contributed by atoms with Gasteiger partial charge in [-0.15, -0.1) is 0 Å². The molecule has 0 spiro atoms. The highest BCUT2D eigenvalue weighted by atomic mass is 16.6. The summed E-state index contributed by atoms with van der Waals surface area (Å²) in [5.74, 6) is 0.877. The topological polar surface area (TPSA) is 77.1 Å². The molecule has 1 N–H and O–H groups in total. The van der Waals surface area contributed by atoms with Gasteiger partial charge in [0.05, 0.1) is 25.3 Å². The van der Waals surface area contributed by atoms with E-state index in [2.05, 4.69) is 34.5 Å². The molecule has 3 aromatic rings. The zero-order valence-corrected chi connectivity index (χ0v) is 25.6. The monoisotopic (exact) mass is 584 g/mol. The van der Waals surface area contributed by atoms with Crippen molar-refractivity contribution in [1.29, 1.82) is 0 Å². The standard InChI is InChI=1S/C36H44N2O5/c1-36(2,3)43-34(39)17-19-41-18-16-26-10-9-11-27(20-26)23-38-24-29-21-31(22-30(29)25-38)42-35(40)37-33-15-8-7-14-32(33)28-12-5-4-6-13-28/h4-15,20,29-31H,16-19,21-25H2,1-3H3,(H,37,40)/t29-,30+,31?. The molecule has 7 nitrogen and oxygen atoms in total. The molecule has 43 heavy (non-hydrogen) atoms. The average Bonchev–Trinajstić information content (AvgIpc) is 3.50. The van der Waals surface area contributed by atoms with Crippen molar-refractivity contribution in [2.45, 2.75) is 64.7 Å². The number of hydrogen-bond acceptors (Lipinski definition) is 6. The molecule has 1 saturated carbocycles. The van der Waals surface area contributed by atoms with Crippen LogP contribution in [0.25, 0.3) is 11.1 Å². The van der Waals surface area contributed by atoms with Crippen molar-refractivity contribution < 1.29 is 23.8 Å². The number of carbonyl (C=O) groups excluding carboxylic acids is 2. The fraction of sp³-hybridized carbons (Fsp3) is 0.444. The van der Waals surface area contributed by atoms with E-state index < -0.39 is 5.60 Å². The minimum Gasteiger partial charge on any atom is -0.460 e. The van der Waals surface area contributed by atoms with Crippen molar-refractivity contribution in [3.63, 3.8) is 0 Å². The Morgan fingerprint density at radius 3 is 2.30 bits per heavy atom. The molecule has 2 fully saturated rings. The van der Waals surface area contributed by atoms with Crippen LogP contribution in [0.2, 0.25) is 0 Å². The van der Waals surface area contributed by atoms with E-state index in [9.17, 15) is 9.59 Å². The second kappa shape index (κ2) is 14.2. The lowest BCUT2D eigenvalue weighted by Crippen LogP contribution is -2.25. The van der Waals surface area contributed by atoms with Gasteiger partial charge in [0.1, 0.15) is 11.7 Å². The summed E-state index contributed by atoms with van der Waals surface area (Å²) in [6, 6.07) is 26.6. The van der Waals surface area contributed by atoms with E-state index in [-0.39, 0.29) is 24.6 Å². The number of nitrogens with one attached hydrogen (secondary N) is 1. The number of anilines is 1. The lowest BCUT2D eigenvalue weighted by Gasteiger charge is -2.20. The number of fused-ring (bicyclic) bond motifs is 1. The normalized spacial score (nSPS) is 20.0. The number of hydrogen-bond donors (Lipinski definition) is 1. The first-order valence-corrected chi connectivity index (χ1v) is 15.4. The largest absolute Gasteiger partial charge is 0.460 e. The van der Waals surface area contributed by atoms with Crippen molar-refractivity contribution in [2.75, 3.05) is 31.6 Å². The highest BCUT2D eigenvalue weighted by molar-refractivity contribution is 5.91.